The lowest BCUT2D eigenvalue weighted by molar-refractivity contribution is 0.0722. The van der Waals surface area contributed by atoms with Crippen LogP contribution in [0, 0.1) is 5.92 Å². The minimum atomic E-state index is 0.180. The van der Waals surface area contributed by atoms with Crippen molar-refractivity contribution in [3.8, 4) is 0 Å². The van der Waals surface area contributed by atoms with Gasteiger partial charge in [0.05, 0.1) is 0 Å². The molecule has 0 bridgehead atoms. The van der Waals surface area contributed by atoms with Crippen LogP contribution in [0.15, 0.2) is 24.3 Å². The number of anilines is 1. The van der Waals surface area contributed by atoms with E-state index in [-0.39, 0.29) is 5.91 Å². The molecule has 0 atom stereocenters. The highest BCUT2D eigenvalue weighted by atomic mass is 16.2. The average Bonchev–Trinajstić information content (AvgIpc) is 3.19. The third-order valence-corrected chi connectivity index (χ3v) is 3.42. The zero-order valence-corrected chi connectivity index (χ0v) is 12.4. The molecule has 1 aromatic carbocycles. The highest BCUT2D eigenvalue weighted by Crippen LogP contribution is 2.29. The van der Waals surface area contributed by atoms with Crippen LogP contribution in [-0.4, -0.2) is 37.5 Å². The molecule has 19 heavy (non-hydrogen) atoms. The van der Waals surface area contributed by atoms with Crippen LogP contribution in [0.25, 0.3) is 0 Å². The minimum absolute atomic E-state index is 0.180. The number of hydrogen-bond donors (Lipinski definition) is 0. The number of carbonyl (C=O) groups excluding carboxylic acids is 1. The van der Waals surface area contributed by atoms with Gasteiger partial charge in [0.15, 0.2) is 0 Å². The molecule has 1 aliphatic carbocycles. The monoisotopic (exact) mass is 260 g/mol. The van der Waals surface area contributed by atoms with E-state index in [4.69, 9.17) is 0 Å². The van der Waals surface area contributed by atoms with E-state index >= 15 is 0 Å². The van der Waals surface area contributed by atoms with Crippen LogP contribution in [-0.2, 0) is 0 Å². The third-order valence-electron chi connectivity index (χ3n) is 3.42. The summed E-state index contributed by atoms with van der Waals surface area (Å²) in [5.74, 6) is 0.696. The summed E-state index contributed by atoms with van der Waals surface area (Å²) in [4.78, 5) is 16.7. The van der Waals surface area contributed by atoms with E-state index in [0.717, 1.165) is 30.6 Å². The van der Waals surface area contributed by atoms with Crippen LogP contribution < -0.4 is 4.90 Å². The van der Waals surface area contributed by atoms with Gasteiger partial charge in [0.2, 0.25) is 0 Å². The van der Waals surface area contributed by atoms with Gasteiger partial charge in [-0.2, -0.15) is 0 Å². The Bertz CT molecular complexity index is 450. The molecule has 0 radical (unpaired) electrons. The van der Waals surface area contributed by atoms with Gasteiger partial charge in [-0.05, 0) is 37.0 Å². The smallest absolute Gasteiger partial charge is 0.254 e. The van der Waals surface area contributed by atoms with Crippen LogP contribution in [0.2, 0.25) is 0 Å². The van der Waals surface area contributed by atoms with Gasteiger partial charge in [-0.25, -0.2) is 0 Å². The minimum Gasteiger partial charge on any atom is -0.378 e. The highest BCUT2D eigenvalue weighted by molar-refractivity contribution is 5.95. The molecular weight excluding hydrogens is 236 g/mol. The Labute approximate surface area is 116 Å². The van der Waals surface area contributed by atoms with Crippen molar-refractivity contribution < 1.29 is 4.79 Å². The molecular formula is C16H24N2O. The van der Waals surface area contributed by atoms with Gasteiger partial charge in [0.25, 0.3) is 5.91 Å². The maximum Gasteiger partial charge on any atom is 0.254 e. The first-order chi connectivity index (χ1) is 8.99. The van der Waals surface area contributed by atoms with E-state index in [0.29, 0.717) is 12.0 Å². The SMILES string of the molecule is CC(C)CN(C(=O)c1cccc(N(C)C)c1)C1CC1. The van der Waals surface area contributed by atoms with E-state index in [1.807, 2.05) is 43.3 Å². The lowest BCUT2D eigenvalue weighted by Gasteiger charge is -2.25. The largest absolute Gasteiger partial charge is 0.378 e. The molecule has 2 rings (SSSR count). The zero-order chi connectivity index (χ0) is 14.0. The molecule has 0 unspecified atom stereocenters. The molecule has 1 aliphatic rings. The van der Waals surface area contributed by atoms with Crippen molar-refractivity contribution in [1.82, 2.24) is 4.90 Å². The first-order valence-corrected chi connectivity index (χ1v) is 7.07. The number of hydrogen-bond acceptors (Lipinski definition) is 2. The fraction of sp³-hybridized carbons (Fsp3) is 0.562. The van der Waals surface area contributed by atoms with Crippen molar-refractivity contribution in [1.29, 1.82) is 0 Å². The molecule has 0 spiro atoms. The molecule has 0 aromatic heterocycles. The number of rotatable bonds is 5. The normalized spacial score (nSPS) is 14.6. The second-order valence-corrected chi connectivity index (χ2v) is 6.03. The van der Waals surface area contributed by atoms with E-state index in [9.17, 15) is 4.79 Å². The van der Waals surface area contributed by atoms with E-state index in [2.05, 4.69) is 18.7 Å². The Balaban J connectivity index is 2.18. The third kappa shape index (κ3) is 3.49. The molecule has 3 heteroatoms. The maximum absolute atomic E-state index is 12.6. The Kier molecular flexibility index (Phi) is 4.13. The van der Waals surface area contributed by atoms with Crippen molar-refractivity contribution in [2.24, 2.45) is 5.92 Å². The molecule has 0 heterocycles. The summed E-state index contributed by atoms with van der Waals surface area (Å²) in [5.41, 5.74) is 1.88. The summed E-state index contributed by atoms with van der Waals surface area (Å²) in [6.45, 7) is 5.19. The first kappa shape index (κ1) is 13.9. The first-order valence-electron chi connectivity index (χ1n) is 7.07. The van der Waals surface area contributed by atoms with E-state index in [1.54, 1.807) is 0 Å². The number of carbonyl (C=O) groups is 1. The average molecular weight is 260 g/mol. The summed E-state index contributed by atoms with van der Waals surface area (Å²) in [6.07, 6.45) is 2.32. The quantitative estimate of drug-likeness (QED) is 0.812. The van der Waals surface area contributed by atoms with Crippen LogP contribution in [0.5, 0.6) is 0 Å². The summed E-state index contributed by atoms with van der Waals surface area (Å²) >= 11 is 0. The second-order valence-electron chi connectivity index (χ2n) is 6.03. The maximum atomic E-state index is 12.6. The lowest BCUT2D eigenvalue weighted by atomic mass is 10.1. The number of benzene rings is 1. The summed E-state index contributed by atoms with van der Waals surface area (Å²) < 4.78 is 0. The van der Waals surface area contributed by atoms with Crippen LogP contribution >= 0.6 is 0 Å². The van der Waals surface area contributed by atoms with Gasteiger partial charge >= 0.3 is 0 Å². The summed E-state index contributed by atoms with van der Waals surface area (Å²) in [6, 6.07) is 8.37. The second kappa shape index (κ2) is 5.64. The predicted octanol–water partition coefficient (Wildman–Crippen LogP) is 3.01. The molecule has 1 aromatic rings. The van der Waals surface area contributed by atoms with E-state index in [1.165, 1.54) is 0 Å². The molecule has 0 N–H and O–H groups in total. The van der Waals surface area contributed by atoms with Crippen molar-refractivity contribution in [2.45, 2.75) is 32.7 Å². The van der Waals surface area contributed by atoms with Crippen molar-refractivity contribution in [3.05, 3.63) is 29.8 Å². The topological polar surface area (TPSA) is 23.6 Å². The summed E-state index contributed by atoms with van der Waals surface area (Å²) in [5, 5.41) is 0. The molecule has 1 saturated carbocycles. The lowest BCUT2D eigenvalue weighted by Crippen LogP contribution is -2.36. The molecule has 1 amide bonds. The van der Waals surface area contributed by atoms with E-state index < -0.39 is 0 Å². The number of nitrogens with zero attached hydrogens (tertiary/aromatic N) is 2. The molecule has 0 saturated heterocycles. The van der Waals surface area contributed by atoms with Gasteiger partial charge in [0.1, 0.15) is 0 Å². The fourth-order valence-corrected chi connectivity index (χ4v) is 2.26. The molecule has 0 aliphatic heterocycles. The Morgan fingerprint density at radius 2 is 2.00 bits per heavy atom. The van der Waals surface area contributed by atoms with Gasteiger partial charge in [0, 0.05) is 37.9 Å². The van der Waals surface area contributed by atoms with Gasteiger partial charge < -0.3 is 9.80 Å². The van der Waals surface area contributed by atoms with Crippen LogP contribution in [0.1, 0.15) is 37.0 Å². The van der Waals surface area contributed by atoms with Gasteiger partial charge in [-0.3, -0.25) is 4.79 Å². The van der Waals surface area contributed by atoms with Crippen LogP contribution in [0.4, 0.5) is 5.69 Å². The number of amides is 1. The Morgan fingerprint density at radius 1 is 1.32 bits per heavy atom. The highest BCUT2D eigenvalue weighted by Gasteiger charge is 2.33. The van der Waals surface area contributed by atoms with Gasteiger partial charge in [-0.1, -0.05) is 19.9 Å². The molecule has 3 nitrogen and oxygen atoms in total. The predicted molar refractivity (Wildman–Crippen MR) is 79.7 cm³/mol. The molecule has 1 fully saturated rings. The Morgan fingerprint density at radius 3 is 2.53 bits per heavy atom. The standard InChI is InChI=1S/C16H24N2O/c1-12(2)11-18(14-8-9-14)16(19)13-6-5-7-15(10-13)17(3)4/h5-7,10,12,14H,8-9,11H2,1-4H3. The summed E-state index contributed by atoms with van der Waals surface area (Å²) in [7, 11) is 3.99. The van der Waals surface area contributed by atoms with Crippen molar-refractivity contribution in [3.63, 3.8) is 0 Å². The van der Waals surface area contributed by atoms with Crippen LogP contribution in [0.3, 0.4) is 0 Å². The Hall–Kier alpha value is -1.51. The van der Waals surface area contributed by atoms with Crippen molar-refractivity contribution in [2.75, 3.05) is 25.5 Å². The van der Waals surface area contributed by atoms with Crippen molar-refractivity contribution >= 4 is 11.6 Å². The van der Waals surface area contributed by atoms with Gasteiger partial charge in [-0.15, -0.1) is 0 Å². The molecule has 104 valence electrons. The fourth-order valence-electron chi connectivity index (χ4n) is 2.26. The zero-order valence-electron chi connectivity index (χ0n) is 12.4.